The lowest BCUT2D eigenvalue weighted by molar-refractivity contribution is 0.296. The fraction of sp³-hybridized carbons (Fsp3) is 0.143. The molecule has 0 atom stereocenters. The van der Waals surface area contributed by atoms with Gasteiger partial charge < -0.3 is 23.4 Å². The van der Waals surface area contributed by atoms with Gasteiger partial charge in [0.2, 0.25) is 4.96 Å². The van der Waals surface area contributed by atoms with E-state index in [2.05, 4.69) is 10.1 Å². The molecule has 0 unspecified atom stereocenters. The molecule has 0 radical (unpaired) electrons. The second kappa shape index (κ2) is 10.7. The Labute approximate surface area is 237 Å². The molecule has 3 aromatic carbocycles. The van der Waals surface area contributed by atoms with Crippen molar-refractivity contribution in [3.8, 4) is 33.9 Å². The Morgan fingerprint density at radius 2 is 1.72 bits per heavy atom. The molecule has 0 aliphatic carbocycles. The zero-order chi connectivity index (χ0) is 26.9. The van der Waals surface area contributed by atoms with Gasteiger partial charge in [-0.25, -0.2) is 9.50 Å². The molecule has 0 saturated heterocycles. The smallest absolute Gasteiger partial charge is 0.294 e. The fourth-order valence-corrected chi connectivity index (χ4v) is 5.25. The van der Waals surface area contributed by atoms with Gasteiger partial charge in [-0.15, -0.1) is 5.10 Å². The van der Waals surface area contributed by atoms with E-state index in [4.69, 9.17) is 46.6 Å². The van der Waals surface area contributed by atoms with Crippen LogP contribution in [0.15, 0.2) is 71.3 Å². The van der Waals surface area contributed by atoms with Gasteiger partial charge in [-0.1, -0.05) is 41.4 Å². The number of benzene rings is 3. The number of ether oxygens (including phenoxy) is 4. The number of imidazole rings is 1. The molecule has 198 valence electrons. The van der Waals surface area contributed by atoms with E-state index in [9.17, 15) is 0 Å². The maximum atomic E-state index is 6.27. The first-order valence-electron chi connectivity index (χ1n) is 11.8. The lowest BCUT2D eigenvalue weighted by Gasteiger charge is -2.12. The van der Waals surface area contributed by atoms with Crippen LogP contribution in [0.5, 0.6) is 22.4 Å². The quantitative estimate of drug-likeness (QED) is 0.173. The van der Waals surface area contributed by atoms with E-state index >= 15 is 0 Å². The summed E-state index contributed by atoms with van der Waals surface area (Å²) >= 11 is 13.9. The largest absolute Gasteiger partial charge is 0.496 e. The Hall–Kier alpha value is -3.92. The minimum Gasteiger partial charge on any atom is -0.496 e. The van der Waals surface area contributed by atoms with Crippen molar-refractivity contribution in [1.29, 1.82) is 0 Å². The third-order valence-corrected chi connectivity index (χ3v) is 7.59. The van der Waals surface area contributed by atoms with Crippen LogP contribution in [0, 0.1) is 0 Å². The van der Waals surface area contributed by atoms with Crippen LogP contribution in [0.25, 0.3) is 27.4 Å². The maximum Gasteiger partial charge on any atom is 0.294 e. The predicted octanol–water partition coefficient (Wildman–Crippen LogP) is 7.69. The number of nitrogens with zero attached hydrogens (tertiary/aromatic N) is 3. The molecule has 0 saturated carbocycles. The van der Waals surface area contributed by atoms with Crippen molar-refractivity contribution in [3.05, 3.63) is 88.0 Å². The normalized spacial score (nSPS) is 11.3. The summed E-state index contributed by atoms with van der Waals surface area (Å²) in [4.78, 5) is 5.32. The van der Waals surface area contributed by atoms with Gasteiger partial charge in [0.1, 0.15) is 41.7 Å². The van der Waals surface area contributed by atoms with Gasteiger partial charge in [0.05, 0.1) is 25.8 Å². The molecule has 0 aliphatic heterocycles. The van der Waals surface area contributed by atoms with Crippen molar-refractivity contribution in [2.24, 2.45) is 0 Å². The first-order valence-corrected chi connectivity index (χ1v) is 13.4. The highest BCUT2D eigenvalue weighted by atomic mass is 35.5. The molecule has 0 amide bonds. The summed E-state index contributed by atoms with van der Waals surface area (Å²) in [7, 11) is 3.18. The number of fused-ring (bicyclic) bond motifs is 2. The summed E-state index contributed by atoms with van der Waals surface area (Å²) < 4.78 is 30.6. The molecule has 39 heavy (non-hydrogen) atoms. The van der Waals surface area contributed by atoms with Crippen LogP contribution in [0.3, 0.4) is 0 Å². The van der Waals surface area contributed by atoms with Crippen molar-refractivity contribution in [2.45, 2.75) is 13.2 Å². The summed E-state index contributed by atoms with van der Waals surface area (Å²) in [5, 5.41) is 6.79. The van der Waals surface area contributed by atoms with Crippen LogP contribution in [-0.4, -0.2) is 28.8 Å². The monoisotopic (exact) mass is 581 g/mol. The number of aromatic nitrogens is 3. The Morgan fingerprint density at radius 1 is 0.897 bits per heavy atom. The Kier molecular flexibility index (Phi) is 6.95. The molecule has 3 aromatic heterocycles. The highest BCUT2D eigenvalue weighted by Gasteiger charge is 2.17. The SMILES string of the molecule is COc1cc(OCc2cccc(OCc3c(Cl)cccc3Cl)c2)c2cc(-c3cn4nc(OC)sc4n3)oc2c1. The molecule has 0 aliphatic rings. The van der Waals surface area contributed by atoms with Gasteiger partial charge in [-0.3, -0.25) is 0 Å². The van der Waals surface area contributed by atoms with Crippen LogP contribution in [0.4, 0.5) is 0 Å². The number of furan rings is 1. The molecular formula is C28H21Cl2N3O5S. The van der Waals surface area contributed by atoms with E-state index in [1.54, 1.807) is 43.1 Å². The van der Waals surface area contributed by atoms with Gasteiger partial charge in [0.25, 0.3) is 5.19 Å². The topological polar surface area (TPSA) is 80.2 Å². The molecule has 0 N–H and O–H groups in total. The summed E-state index contributed by atoms with van der Waals surface area (Å²) in [6.45, 7) is 0.557. The molecular weight excluding hydrogens is 561 g/mol. The molecule has 0 bridgehead atoms. The highest BCUT2D eigenvalue weighted by Crippen LogP contribution is 2.38. The average Bonchev–Trinajstić information content (AvgIpc) is 3.64. The number of hydrogen-bond donors (Lipinski definition) is 0. The van der Waals surface area contributed by atoms with Crippen molar-refractivity contribution in [2.75, 3.05) is 14.2 Å². The van der Waals surface area contributed by atoms with Crippen LogP contribution >= 0.6 is 34.5 Å². The standard InChI is InChI=1S/C28H21Cl2N3O5S/c1-34-18-10-24(19-12-26(38-25(19)11-18)23-13-33-27(31-23)39-28(32-33)35-2)37-14-16-5-3-6-17(9-16)36-15-20-21(29)7-4-8-22(20)30/h3-13H,14-15H2,1-2H3. The molecule has 11 heteroatoms. The third-order valence-electron chi connectivity index (χ3n) is 6.00. The van der Waals surface area contributed by atoms with Crippen molar-refractivity contribution < 1.29 is 23.4 Å². The number of methoxy groups -OCH3 is 2. The van der Waals surface area contributed by atoms with Gasteiger partial charge in [0, 0.05) is 27.7 Å². The highest BCUT2D eigenvalue weighted by molar-refractivity contribution is 7.18. The van der Waals surface area contributed by atoms with Gasteiger partial charge in [0.15, 0.2) is 5.76 Å². The predicted molar refractivity (Wildman–Crippen MR) is 151 cm³/mol. The molecule has 3 heterocycles. The van der Waals surface area contributed by atoms with Crippen molar-refractivity contribution in [1.82, 2.24) is 14.6 Å². The third kappa shape index (κ3) is 5.21. The number of rotatable bonds is 9. The van der Waals surface area contributed by atoms with E-state index < -0.39 is 0 Å². The zero-order valence-corrected chi connectivity index (χ0v) is 23.1. The number of halogens is 2. The van der Waals surface area contributed by atoms with E-state index in [0.717, 1.165) is 16.5 Å². The zero-order valence-electron chi connectivity index (χ0n) is 20.8. The molecule has 6 rings (SSSR count). The van der Waals surface area contributed by atoms with Crippen LogP contribution in [0.1, 0.15) is 11.1 Å². The molecule has 0 fully saturated rings. The van der Waals surface area contributed by atoms with Gasteiger partial charge >= 0.3 is 0 Å². The lowest BCUT2D eigenvalue weighted by Crippen LogP contribution is -2.00. The second-order valence-corrected chi connectivity index (χ2v) is 10.2. The van der Waals surface area contributed by atoms with E-state index in [1.165, 1.54) is 11.3 Å². The summed E-state index contributed by atoms with van der Waals surface area (Å²) in [6.07, 6.45) is 1.80. The fourth-order valence-electron chi connectivity index (χ4n) is 4.04. The lowest BCUT2D eigenvalue weighted by atomic mass is 10.2. The molecule has 6 aromatic rings. The van der Waals surface area contributed by atoms with Crippen LogP contribution in [-0.2, 0) is 13.2 Å². The first kappa shape index (κ1) is 25.4. The summed E-state index contributed by atoms with van der Waals surface area (Å²) in [5.41, 5.74) is 2.94. The Balaban J connectivity index is 1.22. The van der Waals surface area contributed by atoms with Gasteiger partial charge in [-0.05, 0) is 47.2 Å². The maximum absolute atomic E-state index is 6.27. The average molecular weight is 582 g/mol. The Morgan fingerprint density at radius 3 is 2.49 bits per heavy atom. The van der Waals surface area contributed by atoms with E-state index in [0.29, 0.717) is 61.1 Å². The van der Waals surface area contributed by atoms with E-state index in [-0.39, 0.29) is 6.61 Å². The van der Waals surface area contributed by atoms with Crippen molar-refractivity contribution in [3.63, 3.8) is 0 Å². The van der Waals surface area contributed by atoms with Crippen LogP contribution in [0.2, 0.25) is 10.0 Å². The summed E-state index contributed by atoms with van der Waals surface area (Å²) in [5.74, 6) is 2.51. The Bertz CT molecular complexity index is 1740. The molecule has 8 nitrogen and oxygen atoms in total. The summed E-state index contributed by atoms with van der Waals surface area (Å²) in [6, 6.07) is 18.6. The van der Waals surface area contributed by atoms with Gasteiger partial charge in [-0.2, -0.15) is 0 Å². The molecule has 0 spiro atoms. The van der Waals surface area contributed by atoms with Crippen molar-refractivity contribution >= 4 is 50.5 Å². The van der Waals surface area contributed by atoms with E-state index in [1.807, 2.05) is 42.5 Å². The first-order chi connectivity index (χ1) is 19.0. The minimum absolute atomic E-state index is 0.255. The minimum atomic E-state index is 0.255. The van der Waals surface area contributed by atoms with Crippen LogP contribution < -0.4 is 18.9 Å². The number of hydrogen-bond acceptors (Lipinski definition) is 8. The second-order valence-electron chi connectivity index (χ2n) is 8.50.